The van der Waals surface area contributed by atoms with E-state index in [1.807, 2.05) is 37.3 Å². The van der Waals surface area contributed by atoms with Gasteiger partial charge in [0.25, 0.3) is 5.91 Å². The summed E-state index contributed by atoms with van der Waals surface area (Å²) in [4.78, 5) is 31.7. The molecule has 26 heavy (non-hydrogen) atoms. The Balaban J connectivity index is 1.62. The first kappa shape index (κ1) is 17.3. The molecular formula is C19H18N4O3. The van der Waals surface area contributed by atoms with Crippen LogP contribution in [0.1, 0.15) is 32.2 Å². The highest BCUT2D eigenvalue weighted by molar-refractivity contribution is 5.98. The van der Waals surface area contributed by atoms with E-state index in [0.29, 0.717) is 18.9 Å². The lowest BCUT2D eigenvalue weighted by atomic mass is 10.2. The minimum atomic E-state index is -0.626. The molecule has 2 aromatic heterocycles. The lowest BCUT2D eigenvalue weighted by Crippen LogP contribution is -2.26. The number of pyridine rings is 1. The van der Waals surface area contributed by atoms with Crippen molar-refractivity contribution in [3.05, 3.63) is 71.4 Å². The van der Waals surface area contributed by atoms with Crippen LogP contribution in [0, 0.1) is 6.92 Å². The molecule has 7 heteroatoms. The van der Waals surface area contributed by atoms with Crippen LogP contribution in [0.2, 0.25) is 0 Å². The molecule has 132 valence electrons. The molecule has 0 radical (unpaired) electrons. The number of aromatic nitrogens is 2. The molecule has 0 spiro atoms. The van der Waals surface area contributed by atoms with E-state index in [4.69, 9.17) is 10.2 Å². The monoisotopic (exact) mass is 350 g/mol. The number of benzene rings is 1. The van der Waals surface area contributed by atoms with Gasteiger partial charge in [0.2, 0.25) is 11.8 Å². The SMILES string of the molecule is Cc1oc(-c2ccccc2)nc1CCNC(=O)c1cncc(C(N)=O)c1. The Kier molecular flexibility index (Phi) is 5.07. The van der Waals surface area contributed by atoms with Gasteiger partial charge in [-0.3, -0.25) is 14.6 Å². The maximum absolute atomic E-state index is 12.2. The van der Waals surface area contributed by atoms with Crippen molar-refractivity contribution in [1.29, 1.82) is 0 Å². The van der Waals surface area contributed by atoms with Crippen molar-refractivity contribution in [2.24, 2.45) is 5.73 Å². The maximum atomic E-state index is 12.2. The van der Waals surface area contributed by atoms with E-state index in [0.717, 1.165) is 17.0 Å². The van der Waals surface area contributed by atoms with Crippen LogP contribution < -0.4 is 11.1 Å². The van der Waals surface area contributed by atoms with Crippen molar-refractivity contribution in [2.45, 2.75) is 13.3 Å². The van der Waals surface area contributed by atoms with E-state index in [1.54, 1.807) is 0 Å². The zero-order valence-electron chi connectivity index (χ0n) is 14.2. The highest BCUT2D eigenvalue weighted by atomic mass is 16.4. The van der Waals surface area contributed by atoms with Crippen molar-refractivity contribution in [1.82, 2.24) is 15.3 Å². The highest BCUT2D eigenvalue weighted by Gasteiger charge is 2.13. The third-order valence-corrected chi connectivity index (χ3v) is 3.85. The Bertz CT molecular complexity index is 935. The zero-order valence-corrected chi connectivity index (χ0v) is 14.2. The summed E-state index contributed by atoms with van der Waals surface area (Å²) in [5.74, 6) is 0.321. The molecule has 3 rings (SSSR count). The summed E-state index contributed by atoms with van der Waals surface area (Å²) < 4.78 is 5.70. The topological polar surface area (TPSA) is 111 Å². The smallest absolute Gasteiger partial charge is 0.252 e. The molecule has 2 amide bonds. The van der Waals surface area contributed by atoms with Crippen molar-refractivity contribution < 1.29 is 14.0 Å². The van der Waals surface area contributed by atoms with Crippen molar-refractivity contribution in [3.8, 4) is 11.5 Å². The molecule has 0 fully saturated rings. The number of carbonyl (C=O) groups is 2. The number of rotatable bonds is 6. The second-order valence-electron chi connectivity index (χ2n) is 5.72. The number of hydrogen-bond donors (Lipinski definition) is 2. The molecule has 0 aliphatic heterocycles. The van der Waals surface area contributed by atoms with E-state index < -0.39 is 5.91 Å². The Morgan fingerprint density at radius 1 is 1.15 bits per heavy atom. The zero-order chi connectivity index (χ0) is 18.5. The van der Waals surface area contributed by atoms with E-state index in [2.05, 4.69) is 15.3 Å². The quantitative estimate of drug-likeness (QED) is 0.707. The molecule has 3 N–H and O–H groups in total. The van der Waals surface area contributed by atoms with Crippen LogP contribution in [0.4, 0.5) is 0 Å². The fraction of sp³-hybridized carbons (Fsp3) is 0.158. The van der Waals surface area contributed by atoms with Crippen molar-refractivity contribution in [3.63, 3.8) is 0 Å². The Labute approximate surface area is 150 Å². The van der Waals surface area contributed by atoms with Gasteiger partial charge < -0.3 is 15.5 Å². The lowest BCUT2D eigenvalue weighted by molar-refractivity contribution is 0.0953. The summed E-state index contributed by atoms with van der Waals surface area (Å²) in [5.41, 5.74) is 7.36. The van der Waals surface area contributed by atoms with Gasteiger partial charge in [0, 0.05) is 30.9 Å². The van der Waals surface area contributed by atoms with Gasteiger partial charge in [-0.2, -0.15) is 0 Å². The number of hydrogen-bond acceptors (Lipinski definition) is 5. The van der Waals surface area contributed by atoms with Gasteiger partial charge in [-0.15, -0.1) is 0 Å². The fourth-order valence-corrected chi connectivity index (χ4v) is 2.46. The number of primary amides is 1. The molecule has 1 aromatic carbocycles. The number of aryl methyl sites for hydroxylation is 1. The average molecular weight is 350 g/mol. The second-order valence-corrected chi connectivity index (χ2v) is 5.72. The first-order valence-electron chi connectivity index (χ1n) is 8.09. The van der Waals surface area contributed by atoms with Gasteiger partial charge in [0.05, 0.1) is 16.8 Å². The summed E-state index contributed by atoms with van der Waals surface area (Å²) >= 11 is 0. The summed E-state index contributed by atoms with van der Waals surface area (Å²) in [5, 5.41) is 2.78. The molecule has 0 saturated carbocycles. The van der Waals surface area contributed by atoms with E-state index in [9.17, 15) is 9.59 Å². The minimum absolute atomic E-state index is 0.192. The standard InChI is InChI=1S/C19H18N4O3/c1-12-16(23-19(26-12)13-5-3-2-4-6-13)7-8-22-18(25)15-9-14(17(20)24)10-21-11-15/h2-6,9-11H,7-8H2,1H3,(H2,20,24)(H,22,25). The first-order valence-corrected chi connectivity index (χ1v) is 8.09. The van der Waals surface area contributed by atoms with Crippen molar-refractivity contribution in [2.75, 3.05) is 6.54 Å². The van der Waals surface area contributed by atoms with Crippen LogP contribution in [0.5, 0.6) is 0 Å². The van der Waals surface area contributed by atoms with E-state index >= 15 is 0 Å². The molecule has 0 bridgehead atoms. The minimum Gasteiger partial charge on any atom is -0.441 e. The van der Waals surface area contributed by atoms with Crippen molar-refractivity contribution >= 4 is 11.8 Å². The van der Waals surface area contributed by atoms with E-state index in [-0.39, 0.29) is 17.0 Å². The largest absolute Gasteiger partial charge is 0.441 e. The molecule has 0 saturated heterocycles. The number of nitrogens with two attached hydrogens (primary N) is 1. The molecule has 0 aliphatic carbocycles. The third-order valence-electron chi connectivity index (χ3n) is 3.85. The highest BCUT2D eigenvalue weighted by Crippen LogP contribution is 2.21. The van der Waals surface area contributed by atoms with Gasteiger partial charge in [-0.05, 0) is 25.1 Å². The molecule has 7 nitrogen and oxygen atoms in total. The molecule has 0 aliphatic rings. The molecule has 0 unspecified atom stereocenters. The number of carbonyl (C=O) groups excluding carboxylic acids is 2. The number of amides is 2. The predicted octanol–water partition coefficient (Wildman–Crippen LogP) is 2.12. The molecule has 2 heterocycles. The maximum Gasteiger partial charge on any atom is 0.252 e. The lowest BCUT2D eigenvalue weighted by Gasteiger charge is -2.05. The summed E-state index contributed by atoms with van der Waals surface area (Å²) in [6.07, 6.45) is 3.23. The number of nitrogens with one attached hydrogen (secondary N) is 1. The predicted molar refractivity (Wildman–Crippen MR) is 95.5 cm³/mol. The van der Waals surface area contributed by atoms with Crippen LogP contribution in [-0.4, -0.2) is 28.3 Å². The molecule has 0 atom stereocenters. The molecular weight excluding hydrogens is 332 g/mol. The van der Waals surface area contributed by atoms with Crippen LogP contribution >= 0.6 is 0 Å². The first-order chi connectivity index (χ1) is 12.5. The Morgan fingerprint density at radius 3 is 2.62 bits per heavy atom. The van der Waals surface area contributed by atoms with Crippen LogP contribution in [-0.2, 0) is 6.42 Å². The van der Waals surface area contributed by atoms with Gasteiger partial charge in [-0.25, -0.2) is 4.98 Å². The van der Waals surface area contributed by atoms with Crippen LogP contribution in [0.25, 0.3) is 11.5 Å². The average Bonchev–Trinajstić information content (AvgIpc) is 3.03. The Hall–Kier alpha value is -3.48. The van der Waals surface area contributed by atoms with Crippen LogP contribution in [0.15, 0.2) is 53.2 Å². The van der Waals surface area contributed by atoms with Gasteiger partial charge >= 0.3 is 0 Å². The molecule has 3 aromatic rings. The summed E-state index contributed by atoms with van der Waals surface area (Å²) in [6.45, 7) is 2.22. The number of nitrogens with zero attached hydrogens (tertiary/aromatic N) is 2. The normalized spacial score (nSPS) is 10.5. The summed E-state index contributed by atoms with van der Waals surface area (Å²) in [7, 11) is 0. The second kappa shape index (κ2) is 7.60. The third kappa shape index (κ3) is 3.94. The fourth-order valence-electron chi connectivity index (χ4n) is 2.46. The van der Waals surface area contributed by atoms with Gasteiger partial charge in [0.15, 0.2) is 0 Å². The number of oxazole rings is 1. The summed E-state index contributed by atoms with van der Waals surface area (Å²) in [6, 6.07) is 11.0. The van der Waals surface area contributed by atoms with Gasteiger partial charge in [-0.1, -0.05) is 18.2 Å². The van der Waals surface area contributed by atoms with Gasteiger partial charge in [0.1, 0.15) is 5.76 Å². The van der Waals surface area contributed by atoms with Crippen LogP contribution in [0.3, 0.4) is 0 Å². The Morgan fingerprint density at radius 2 is 1.88 bits per heavy atom. The van der Waals surface area contributed by atoms with E-state index in [1.165, 1.54) is 18.5 Å².